The van der Waals surface area contributed by atoms with Crippen molar-refractivity contribution >= 4 is 23.2 Å². The van der Waals surface area contributed by atoms with Crippen LogP contribution in [0.3, 0.4) is 0 Å². The second-order valence-corrected chi connectivity index (χ2v) is 8.93. The van der Waals surface area contributed by atoms with Gasteiger partial charge in [0.25, 0.3) is 5.91 Å². The molecule has 1 aromatic heterocycles. The van der Waals surface area contributed by atoms with Gasteiger partial charge in [0.05, 0.1) is 11.3 Å². The third kappa shape index (κ3) is 4.68. The molecule has 2 aromatic rings. The molecule has 4 rings (SSSR count). The number of pyridine rings is 1. The van der Waals surface area contributed by atoms with Crippen molar-refractivity contribution in [1.29, 1.82) is 0 Å². The molecule has 1 aliphatic carbocycles. The fourth-order valence-corrected chi connectivity index (χ4v) is 4.39. The summed E-state index contributed by atoms with van der Waals surface area (Å²) in [5.41, 5.74) is 4.37. The average Bonchev–Trinajstić information content (AvgIpc) is 3.46. The molecule has 1 aliphatic heterocycles. The summed E-state index contributed by atoms with van der Waals surface area (Å²) in [4.78, 5) is 18.4. The number of alkyl halides is 3. The molecular formula is C22H23ClF4N4O. The van der Waals surface area contributed by atoms with Crippen molar-refractivity contribution in [2.24, 2.45) is 11.7 Å². The topological polar surface area (TPSA) is 71.2 Å². The molecular weight excluding hydrogens is 448 g/mol. The molecule has 2 aliphatic rings. The van der Waals surface area contributed by atoms with E-state index in [0.29, 0.717) is 18.9 Å². The van der Waals surface area contributed by atoms with Crippen LogP contribution in [-0.4, -0.2) is 36.1 Å². The molecule has 5 nitrogen and oxygen atoms in total. The van der Waals surface area contributed by atoms with Crippen LogP contribution in [-0.2, 0) is 6.18 Å². The van der Waals surface area contributed by atoms with Gasteiger partial charge in [0.2, 0.25) is 0 Å². The Balaban J connectivity index is 1.93. The van der Waals surface area contributed by atoms with Gasteiger partial charge in [-0.2, -0.15) is 13.2 Å². The molecule has 172 valence electrons. The van der Waals surface area contributed by atoms with Gasteiger partial charge in [0.15, 0.2) is 5.69 Å². The maximum absolute atomic E-state index is 14.1. The van der Waals surface area contributed by atoms with Crippen molar-refractivity contribution in [2.75, 3.05) is 18.0 Å². The van der Waals surface area contributed by atoms with Crippen molar-refractivity contribution in [2.45, 2.75) is 44.4 Å². The number of carbonyl (C=O) groups is 1. The first-order valence-corrected chi connectivity index (χ1v) is 10.8. The smallest absolute Gasteiger partial charge is 0.369 e. The molecule has 3 N–H and O–H groups in total. The standard InChI is InChI=1S/C22H23ClF4N4O/c1-11(12-2-3-12)30-21(32)17-9-29-20(22(25,26)27)18(13-6-14(23)8-15(24)7-13)19(17)31-5-4-16(28)10-31/h6-9,11-12,16H,2-5,10,28H2,1H3,(H,30,32)/t11-,16-/m0/s1. The zero-order valence-corrected chi connectivity index (χ0v) is 18.1. The number of nitrogens with one attached hydrogen (secondary N) is 1. The lowest BCUT2D eigenvalue weighted by Crippen LogP contribution is -2.36. The summed E-state index contributed by atoms with van der Waals surface area (Å²) in [6.45, 7) is 2.48. The van der Waals surface area contributed by atoms with Crippen molar-refractivity contribution in [1.82, 2.24) is 10.3 Å². The second kappa shape index (κ2) is 8.51. The van der Waals surface area contributed by atoms with Gasteiger partial charge >= 0.3 is 6.18 Å². The van der Waals surface area contributed by atoms with Gasteiger partial charge in [-0.1, -0.05) is 11.6 Å². The lowest BCUT2D eigenvalue weighted by molar-refractivity contribution is -0.140. The number of benzene rings is 1. The van der Waals surface area contributed by atoms with Gasteiger partial charge in [0.1, 0.15) is 5.82 Å². The number of aromatic nitrogens is 1. The summed E-state index contributed by atoms with van der Waals surface area (Å²) < 4.78 is 56.1. The zero-order valence-electron chi connectivity index (χ0n) is 17.3. The minimum absolute atomic E-state index is 0.00464. The summed E-state index contributed by atoms with van der Waals surface area (Å²) in [6.07, 6.45) is -1.35. The Labute approximate surface area is 187 Å². The summed E-state index contributed by atoms with van der Waals surface area (Å²) in [5.74, 6) is -0.960. The predicted octanol–water partition coefficient (Wildman–Crippen LogP) is 4.63. The first-order valence-electron chi connectivity index (χ1n) is 10.4. The van der Waals surface area contributed by atoms with Gasteiger partial charge in [-0.25, -0.2) is 4.39 Å². The van der Waals surface area contributed by atoms with Gasteiger partial charge < -0.3 is 16.0 Å². The Morgan fingerprint density at radius 2 is 2.00 bits per heavy atom. The highest BCUT2D eigenvalue weighted by Crippen LogP contribution is 2.44. The average molecular weight is 471 g/mol. The molecule has 0 unspecified atom stereocenters. The third-order valence-electron chi connectivity index (χ3n) is 5.94. The highest BCUT2D eigenvalue weighted by Gasteiger charge is 2.40. The molecule has 10 heteroatoms. The maximum atomic E-state index is 14.1. The van der Waals surface area contributed by atoms with Crippen LogP contribution in [0.5, 0.6) is 0 Å². The van der Waals surface area contributed by atoms with E-state index in [1.807, 2.05) is 6.92 Å². The number of amides is 1. The summed E-state index contributed by atoms with van der Waals surface area (Å²) in [6, 6.07) is 2.83. The van der Waals surface area contributed by atoms with Crippen molar-refractivity contribution in [3.8, 4) is 11.1 Å². The van der Waals surface area contributed by atoms with E-state index < -0.39 is 23.6 Å². The maximum Gasteiger partial charge on any atom is 0.434 e. The lowest BCUT2D eigenvalue weighted by atomic mass is 9.97. The minimum Gasteiger partial charge on any atom is -0.369 e. The third-order valence-corrected chi connectivity index (χ3v) is 6.16. The Morgan fingerprint density at radius 1 is 1.28 bits per heavy atom. The van der Waals surface area contributed by atoms with E-state index in [2.05, 4.69) is 10.3 Å². The molecule has 1 amide bonds. The molecule has 2 atom stereocenters. The van der Waals surface area contributed by atoms with E-state index in [-0.39, 0.29) is 46.0 Å². The highest BCUT2D eigenvalue weighted by atomic mass is 35.5. The van der Waals surface area contributed by atoms with Crippen LogP contribution in [0.4, 0.5) is 23.2 Å². The number of hydrogen-bond donors (Lipinski definition) is 2. The quantitative estimate of drug-likeness (QED) is 0.625. The van der Waals surface area contributed by atoms with Crippen LogP contribution in [0, 0.1) is 11.7 Å². The fourth-order valence-electron chi connectivity index (χ4n) is 4.17. The number of nitrogens with two attached hydrogens (primary N) is 1. The van der Waals surface area contributed by atoms with Crippen LogP contribution in [0.25, 0.3) is 11.1 Å². The summed E-state index contributed by atoms with van der Waals surface area (Å²) in [7, 11) is 0. The normalized spacial score (nSPS) is 19.8. The van der Waals surface area contributed by atoms with E-state index in [1.165, 1.54) is 6.07 Å². The first-order chi connectivity index (χ1) is 15.0. The largest absolute Gasteiger partial charge is 0.434 e. The first kappa shape index (κ1) is 22.8. The van der Waals surface area contributed by atoms with Crippen molar-refractivity contribution in [3.05, 3.63) is 46.5 Å². The highest BCUT2D eigenvalue weighted by molar-refractivity contribution is 6.31. The van der Waals surface area contributed by atoms with Crippen LogP contribution in [0.15, 0.2) is 24.4 Å². The van der Waals surface area contributed by atoms with Gasteiger partial charge in [0, 0.05) is 42.0 Å². The molecule has 2 heterocycles. The summed E-state index contributed by atoms with van der Waals surface area (Å²) in [5, 5.41) is 2.81. The van der Waals surface area contributed by atoms with E-state index >= 15 is 0 Å². The Bertz CT molecular complexity index is 1020. The van der Waals surface area contributed by atoms with Crippen LogP contribution >= 0.6 is 11.6 Å². The molecule has 32 heavy (non-hydrogen) atoms. The van der Waals surface area contributed by atoms with E-state index in [9.17, 15) is 22.4 Å². The molecule has 0 radical (unpaired) electrons. The number of anilines is 1. The lowest BCUT2D eigenvalue weighted by Gasteiger charge is -2.27. The van der Waals surface area contributed by atoms with Gasteiger partial charge in [-0.05, 0) is 55.9 Å². The number of rotatable bonds is 5. The van der Waals surface area contributed by atoms with Crippen molar-refractivity contribution in [3.63, 3.8) is 0 Å². The Kier molecular flexibility index (Phi) is 6.06. The molecule has 2 fully saturated rings. The summed E-state index contributed by atoms with van der Waals surface area (Å²) >= 11 is 5.96. The molecule has 1 aromatic carbocycles. The van der Waals surface area contributed by atoms with Crippen molar-refractivity contribution < 1.29 is 22.4 Å². The van der Waals surface area contributed by atoms with Crippen LogP contribution in [0.1, 0.15) is 42.2 Å². The molecule has 1 saturated carbocycles. The van der Waals surface area contributed by atoms with E-state index in [4.69, 9.17) is 17.3 Å². The minimum atomic E-state index is -4.83. The number of halogens is 5. The fraction of sp³-hybridized carbons (Fsp3) is 0.455. The van der Waals surface area contributed by atoms with Gasteiger partial charge in [-0.3, -0.25) is 9.78 Å². The molecule has 0 spiro atoms. The number of nitrogens with zero attached hydrogens (tertiary/aromatic N) is 2. The second-order valence-electron chi connectivity index (χ2n) is 8.49. The Morgan fingerprint density at radius 3 is 2.56 bits per heavy atom. The number of carbonyl (C=O) groups excluding carboxylic acids is 1. The SMILES string of the molecule is C[C@H](NC(=O)c1cnc(C(F)(F)F)c(-c2cc(F)cc(Cl)c2)c1N1CC[C@H](N)C1)C1CC1. The molecule has 0 bridgehead atoms. The Hall–Kier alpha value is -2.39. The van der Waals surface area contributed by atoms with E-state index in [1.54, 1.807) is 4.90 Å². The van der Waals surface area contributed by atoms with E-state index in [0.717, 1.165) is 31.2 Å². The molecule has 1 saturated heterocycles. The van der Waals surface area contributed by atoms with Crippen LogP contribution < -0.4 is 16.0 Å². The van der Waals surface area contributed by atoms with Crippen LogP contribution in [0.2, 0.25) is 5.02 Å². The monoisotopic (exact) mass is 470 g/mol. The number of hydrogen-bond acceptors (Lipinski definition) is 4. The predicted molar refractivity (Wildman–Crippen MR) is 114 cm³/mol. The van der Waals surface area contributed by atoms with Gasteiger partial charge in [-0.15, -0.1) is 0 Å². The zero-order chi connectivity index (χ0) is 23.2.